The summed E-state index contributed by atoms with van der Waals surface area (Å²) in [7, 11) is 3.49. The molecule has 0 radical (unpaired) electrons. The van der Waals surface area contributed by atoms with Gasteiger partial charge in [0.2, 0.25) is 0 Å². The average Bonchev–Trinajstić information content (AvgIpc) is 2.93. The summed E-state index contributed by atoms with van der Waals surface area (Å²) in [5.74, 6) is 0.0475. The van der Waals surface area contributed by atoms with Gasteiger partial charge < -0.3 is 20.3 Å². The number of piperidine rings is 1. The maximum Gasteiger partial charge on any atom is 0.256 e. The van der Waals surface area contributed by atoms with Gasteiger partial charge in [0.1, 0.15) is 11.6 Å². The molecule has 1 aliphatic rings. The van der Waals surface area contributed by atoms with Crippen LogP contribution in [-0.4, -0.2) is 38.9 Å². The standard InChI is InChI=1S/C30H34FN3O3/c1-4-24-25(30(36)33-26-7-5-6-8-27(26)37-3)14-11-22(19-32-2)28(24)34-17-15-21(16-18-34)29(35)20-9-12-23(31)13-10-20/h5-14,21,32H,4,15-19H2,1-3H3,(H,33,36). The molecule has 0 aromatic heterocycles. The van der Waals surface area contributed by atoms with Gasteiger partial charge in [0.05, 0.1) is 12.8 Å². The van der Waals surface area contributed by atoms with Crippen molar-refractivity contribution in [1.82, 2.24) is 5.32 Å². The van der Waals surface area contributed by atoms with Crippen LogP contribution in [0, 0.1) is 11.7 Å². The zero-order chi connectivity index (χ0) is 26.4. The number of carbonyl (C=O) groups excluding carboxylic acids is 2. The Labute approximate surface area is 217 Å². The first-order valence-corrected chi connectivity index (χ1v) is 12.7. The molecule has 0 aliphatic carbocycles. The molecule has 6 nitrogen and oxygen atoms in total. The van der Waals surface area contributed by atoms with Crippen molar-refractivity contribution in [3.63, 3.8) is 0 Å². The van der Waals surface area contributed by atoms with Crippen molar-refractivity contribution in [3.8, 4) is 5.75 Å². The van der Waals surface area contributed by atoms with Crippen molar-refractivity contribution >= 4 is 23.1 Å². The summed E-state index contributed by atoms with van der Waals surface area (Å²) >= 11 is 0. The predicted octanol–water partition coefficient (Wildman–Crippen LogP) is 5.47. The number of hydrogen-bond acceptors (Lipinski definition) is 5. The third-order valence-corrected chi connectivity index (χ3v) is 7.00. The van der Waals surface area contributed by atoms with Crippen LogP contribution >= 0.6 is 0 Å². The van der Waals surface area contributed by atoms with Gasteiger partial charge in [0.15, 0.2) is 5.78 Å². The first-order chi connectivity index (χ1) is 18.0. The third-order valence-electron chi connectivity index (χ3n) is 7.00. The van der Waals surface area contributed by atoms with Crippen LogP contribution in [0.15, 0.2) is 60.7 Å². The number of Topliss-reactive ketones (excluding diaryl/α,β-unsaturated/α-hetero) is 1. The van der Waals surface area contributed by atoms with Gasteiger partial charge in [-0.25, -0.2) is 4.39 Å². The molecule has 0 spiro atoms. The van der Waals surface area contributed by atoms with Crippen molar-refractivity contribution in [2.45, 2.75) is 32.7 Å². The summed E-state index contributed by atoms with van der Waals surface area (Å²) in [6, 6.07) is 17.1. The molecule has 1 heterocycles. The van der Waals surface area contributed by atoms with Crippen molar-refractivity contribution in [1.29, 1.82) is 0 Å². The van der Waals surface area contributed by atoms with E-state index in [-0.39, 0.29) is 23.4 Å². The second kappa shape index (κ2) is 12.0. The number of amides is 1. The number of rotatable bonds is 9. The van der Waals surface area contributed by atoms with Gasteiger partial charge in [0, 0.05) is 42.4 Å². The number of hydrogen-bond donors (Lipinski definition) is 2. The van der Waals surface area contributed by atoms with E-state index < -0.39 is 0 Å². The fourth-order valence-corrected chi connectivity index (χ4v) is 5.14. The molecule has 0 unspecified atom stereocenters. The smallest absolute Gasteiger partial charge is 0.256 e. The maximum absolute atomic E-state index is 13.4. The number of nitrogens with zero attached hydrogens (tertiary/aromatic N) is 1. The Morgan fingerprint density at radius 1 is 1.03 bits per heavy atom. The van der Waals surface area contributed by atoms with E-state index in [1.807, 2.05) is 43.4 Å². The summed E-state index contributed by atoms with van der Waals surface area (Å²) in [4.78, 5) is 28.7. The number of carbonyl (C=O) groups is 2. The van der Waals surface area contributed by atoms with Gasteiger partial charge in [0.25, 0.3) is 5.91 Å². The van der Waals surface area contributed by atoms with Crippen molar-refractivity contribution in [2.75, 3.05) is 37.5 Å². The van der Waals surface area contributed by atoms with Gasteiger partial charge in [-0.05, 0) is 79.9 Å². The normalized spacial score (nSPS) is 13.9. The Morgan fingerprint density at radius 2 is 1.73 bits per heavy atom. The van der Waals surface area contributed by atoms with Crippen LogP contribution < -0.4 is 20.3 Å². The topological polar surface area (TPSA) is 70.7 Å². The highest BCUT2D eigenvalue weighted by Gasteiger charge is 2.29. The molecule has 1 saturated heterocycles. The minimum atomic E-state index is -0.342. The lowest BCUT2D eigenvalue weighted by Gasteiger charge is -2.36. The Kier molecular flexibility index (Phi) is 8.56. The minimum absolute atomic E-state index is 0.0655. The van der Waals surface area contributed by atoms with Crippen LogP contribution in [0.2, 0.25) is 0 Å². The molecule has 2 N–H and O–H groups in total. The minimum Gasteiger partial charge on any atom is -0.495 e. The van der Waals surface area contributed by atoms with Crippen molar-refractivity contribution < 1.29 is 18.7 Å². The Morgan fingerprint density at radius 3 is 2.38 bits per heavy atom. The summed E-state index contributed by atoms with van der Waals surface area (Å²) in [6.07, 6.45) is 2.10. The number of nitrogens with one attached hydrogen (secondary N) is 2. The predicted molar refractivity (Wildman–Crippen MR) is 145 cm³/mol. The van der Waals surface area contributed by atoms with Gasteiger partial charge in [-0.2, -0.15) is 0 Å². The van der Waals surface area contributed by atoms with E-state index in [1.54, 1.807) is 19.2 Å². The lowest BCUT2D eigenvalue weighted by molar-refractivity contribution is 0.0900. The molecule has 4 rings (SSSR count). The lowest BCUT2D eigenvalue weighted by atomic mass is 9.87. The molecule has 1 fully saturated rings. The van der Waals surface area contributed by atoms with Crippen LogP contribution in [0.3, 0.4) is 0 Å². The number of halogens is 1. The van der Waals surface area contributed by atoms with E-state index in [2.05, 4.69) is 22.5 Å². The van der Waals surface area contributed by atoms with Crippen LogP contribution in [0.5, 0.6) is 5.75 Å². The molecule has 37 heavy (non-hydrogen) atoms. The van der Waals surface area contributed by atoms with Crippen LogP contribution in [0.4, 0.5) is 15.8 Å². The second-order valence-electron chi connectivity index (χ2n) is 9.27. The first-order valence-electron chi connectivity index (χ1n) is 12.7. The molecule has 0 saturated carbocycles. The van der Waals surface area contributed by atoms with Gasteiger partial charge in [-0.1, -0.05) is 25.1 Å². The van der Waals surface area contributed by atoms with Crippen molar-refractivity contribution in [3.05, 3.63) is 88.7 Å². The summed E-state index contributed by atoms with van der Waals surface area (Å²) in [6.45, 7) is 4.15. The number of para-hydroxylation sites is 2. The summed E-state index contributed by atoms with van der Waals surface area (Å²) in [5, 5.41) is 6.25. The summed E-state index contributed by atoms with van der Waals surface area (Å²) < 4.78 is 18.7. The molecule has 3 aromatic rings. The highest BCUT2D eigenvalue weighted by Crippen LogP contribution is 2.34. The van der Waals surface area contributed by atoms with E-state index in [0.29, 0.717) is 61.5 Å². The Bertz CT molecular complexity index is 1250. The molecule has 0 atom stereocenters. The second-order valence-corrected chi connectivity index (χ2v) is 9.27. The lowest BCUT2D eigenvalue weighted by Crippen LogP contribution is -2.38. The summed E-state index contributed by atoms with van der Waals surface area (Å²) in [5.41, 5.74) is 4.99. The first kappa shape index (κ1) is 26.4. The number of benzene rings is 3. The number of anilines is 2. The van der Waals surface area contributed by atoms with E-state index >= 15 is 0 Å². The number of ketones is 1. The Hall–Kier alpha value is -3.71. The monoisotopic (exact) mass is 503 g/mol. The zero-order valence-corrected chi connectivity index (χ0v) is 21.6. The molecule has 194 valence electrons. The maximum atomic E-state index is 13.4. The fraction of sp³-hybridized carbons (Fsp3) is 0.333. The molecule has 0 bridgehead atoms. The van der Waals surface area contributed by atoms with E-state index in [0.717, 1.165) is 16.8 Å². The molecule has 7 heteroatoms. The molecule has 1 aliphatic heterocycles. The number of ether oxygens (including phenoxy) is 1. The van der Waals surface area contributed by atoms with Gasteiger partial charge in [-0.15, -0.1) is 0 Å². The SMILES string of the molecule is CCc1c(C(=O)Nc2ccccc2OC)ccc(CNC)c1N1CCC(C(=O)c2ccc(F)cc2)CC1. The van der Waals surface area contributed by atoms with Crippen LogP contribution in [0.1, 0.15) is 51.6 Å². The largest absolute Gasteiger partial charge is 0.495 e. The Balaban J connectivity index is 1.58. The van der Waals surface area contributed by atoms with Crippen molar-refractivity contribution in [2.24, 2.45) is 5.92 Å². The molecular weight excluding hydrogens is 469 g/mol. The molecule has 3 aromatic carbocycles. The van der Waals surface area contributed by atoms with E-state index in [9.17, 15) is 14.0 Å². The third kappa shape index (κ3) is 5.83. The van der Waals surface area contributed by atoms with Crippen LogP contribution in [0.25, 0.3) is 0 Å². The van der Waals surface area contributed by atoms with Gasteiger partial charge >= 0.3 is 0 Å². The highest BCUT2D eigenvalue weighted by molar-refractivity contribution is 6.07. The van der Waals surface area contributed by atoms with Gasteiger partial charge in [-0.3, -0.25) is 9.59 Å². The zero-order valence-electron chi connectivity index (χ0n) is 21.6. The molecular formula is C30H34FN3O3. The quantitative estimate of drug-likeness (QED) is 0.379. The molecule has 1 amide bonds. The highest BCUT2D eigenvalue weighted by atomic mass is 19.1. The van der Waals surface area contributed by atoms with E-state index in [1.165, 1.54) is 12.1 Å². The van der Waals surface area contributed by atoms with E-state index in [4.69, 9.17) is 4.74 Å². The number of methoxy groups -OCH3 is 1. The average molecular weight is 504 g/mol. The fourth-order valence-electron chi connectivity index (χ4n) is 5.14. The van der Waals surface area contributed by atoms with Crippen LogP contribution in [-0.2, 0) is 13.0 Å².